The summed E-state index contributed by atoms with van der Waals surface area (Å²) in [7, 11) is 0. The fraction of sp³-hybridized carbons (Fsp3) is 0.692. The Hall–Kier alpha value is -0.380. The van der Waals surface area contributed by atoms with Crippen LogP contribution in [0.25, 0.3) is 0 Å². The highest BCUT2D eigenvalue weighted by Crippen LogP contribution is 2.45. The average Bonchev–Trinajstić information content (AvgIpc) is 2.65. The molecule has 1 fully saturated rings. The van der Waals surface area contributed by atoms with Crippen molar-refractivity contribution in [3.8, 4) is 0 Å². The van der Waals surface area contributed by atoms with E-state index in [0.717, 1.165) is 25.9 Å². The lowest BCUT2D eigenvalue weighted by Gasteiger charge is -2.45. The Morgan fingerprint density at radius 1 is 1.38 bits per heavy atom. The molecule has 0 bridgehead atoms. The maximum atomic E-state index is 6.20. The van der Waals surface area contributed by atoms with Crippen LogP contribution < -0.4 is 5.32 Å². The summed E-state index contributed by atoms with van der Waals surface area (Å²) < 4.78 is 6.20. The van der Waals surface area contributed by atoms with E-state index in [4.69, 9.17) is 4.74 Å². The van der Waals surface area contributed by atoms with Crippen molar-refractivity contribution in [1.82, 2.24) is 5.32 Å². The summed E-state index contributed by atoms with van der Waals surface area (Å²) in [5, 5.41) is 5.82. The first-order valence-corrected chi connectivity index (χ1v) is 7.04. The number of thiophene rings is 1. The van der Waals surface area contributed by atoms with Crippen LogP contribution in [0.3, 0.4) is 0 Å². The molecule has 3 heterocycles. The van der Waals surface area contributed by atoms with Gasteiger partial charge in [-0.15, -0.1) is 11.3 Å². The van der Waals surface area contributed by atoms with Crippen LogP contribution in [0.5, 0.6) is 0 Å². The number of nitrogens with one attached hydrogen (secondary N) is 1. The minimum Gasteiger partial charge on any atom is -0.369 e. The molecule has 2 atom stereocenters. The van der Waals surface area contributed by atoms with Crippen LogP contribution in [-0.4, -0.2) is 18.7 Å². The van der Waals surface area contributed by atoms with Gasteiger partial charge >= 0.3 is 0 Å². The largest absolute Gasteiger partial charge is 0.369 e. The second-order valence-corrected chi connectivity index (χ2v) is 6.16. The molecular formula is C13H19NOS. The molecule has 1 spiro atoms. The molecule has 2 aliphatic heterocycles. The SMILES string of the molecule is CC1CC2(CC(C)N1)OCCc1ccsc12. The van der Waals surface area contributed by atoms with Crippen LogP contribution in [0, 0.1) is 0 Å². The summed E-state index contributed by atoms with van der Waals surface area (Å²) in [5.41, 5.74) is 1.55. The highest BCUT2D eigenvalue weighted by atomic mass is 32.1. The molecule has 0 aromatic carbocycles. The van der Waals surface area contributed by atoms with Crippen molar-refractivity contribution < 1.29 is 4.74 Å². The van der Waals surface area contributed by atoms with E-state index in [9.17, 15) is 0 Å². The molecule has 2 unspecified atom stereocenters. The summed E-state index contributed by atoms with van der Waals surface area (Å²) in [4.78, 5) is 1.50. The van der Waals surface area contributed by atoms with E-state index >= 15 is 0 Å². The molecule has 1 aromatic rings. The predicted molar refractivity (Wildman–Crippen MR) is 66.9 cm³/mol. The molecule has 3 heteroatoms. The Kier molecular flexibility index (Phi) is 2.57. The molecule has 0 saturated carbocycles. The van der Waals surface area contributed by atoms with Crippen LogP contribution in [0.2, 0.25) is 0 Å². The third kappa shape index (κ3) is 1.62. The molecule has 1 saturated heterocycles. The quantitative estimate of drug-likeness (QED) is 0.749. The van der Waals surface area contributed by atoms with Gasteiger partial charge in [-0.05, 0) is 50.1 Å². The number of rotatable bonds is 0. The minimum absolute atomic E-state index is 0.0197. The van der Waals surface area contributed by atoms with Crippen molar-refractivity contribution >= 4 is 11.3 Å². The van der Waals surface area contributed by atoms with Crippen molar-refractivity contribution in [1.29, 1.82) is 0 Å². The topological polar surface area (TPSA) is 21.3 Å². The zero-order valence-corrected chi connectivity index (χ0v) is 10.8. The Balaban J connectivity index is 2.00. The number of fused-ring (bicyclic) bond motifs is 2. The Morgan fingerprint density at radius 2 is 2.12 bits per heavy atom. The van der Waals surface area contributed by atoms with Gasteiger partial charge in [-0.3, -0.25) is 0 Å². The lowest BCUT2D eigenvalue weighted by molar-refractivity contribution is -0.0932. The van der Waals surface area contributed by atoms with Gasteiger partial charge in [0.05, 0.1) is 6.61 Å². The van der Waals surface area contributed by atoms with Crippen LogP contribution in [-0.2, 0) is 16.8 Å². The first-order chi connectivity index (χ1) is 7.70. The molecule has 1 N–H and O–H groups in total. The summed E-state index contributed by atoms with van der Waals surface area (Å²) in [6, 6.07) is 3.38. The lowest BCUT2D eigenvalue weighted by atomic mass is 9.80. The van der Waals surface area contributed by atoms with Gasteiger partial charge < -0.3 is 10.1 Å². The summed E-state index contributed by atoms with van der Waals surface area (Å²) in [6.07, 6.45) is 3.33. The Labute approximate surface area is 101 Å². The maximum absolute atomic E-state index is 6.20. The van der Waals surface area contributed by atoms with E-state index in [1.54, 1.807) is 0 Å². The van der Waals surface area contributed by atoms with Gasteiger partial charge in [0.25, 0.3) is 0 Å². The number of piperidine rings is 1. The van der Waals surface area contributed by atoms with Crippen molar-refractivity contribution in [2.75, 3.05) is 6.61 Å². The van der Waals surface area contributed by atoms with E-state index in [2.05, 4.69) is 30.6 Å². The van der Waals surface area contributed by atoms with Gasteiger partial charge in [-0.2, -0.15) is 0 Å². The second-order valence-electron chi connectivity index (χ2n) is 5.24. The van der Waals surface area contributed by atoms with Crippen LogP contribution >= 0.6 is 11.3 Å². The lowest BCUT2D eigenvalue weighted by Crippen LogP contribution is -2.52. The van der Waals surface area contributed by atoms with E-state index < -0.39 is 0 Å². The molecule has 88 valence electrons. The van der Waals surface area contributed by atoms with Gasteiger partial charge in [0.15, 0.2) is 0 Å². The standard InChI is InChI=1S/C13H19NOS/c1-9-7-13(8-10(2)14-9)12-11(3-5-15-13)4-6-16-12/h4,6,9-10,14H,3,5,7-8H2,1-2H3. The van der Waals surface area contributed by atoms with Crippen LogP contribution in [0.4, 0.5) is 0 Å². The first kappa shape index (κ1) is 10.8. The van der Waals surface area contributed by atoms with Crippen molar-refractivity contribution in [2.24, 2.45) is 0 Å². The smallest absolute Gasteiger partial charge is 0.105 e. The van der Waals surface area contributed by atoms with Crippen LogP contribution in [0.1, 0.15) is 37.1 Å². The summed E-state index contributed by atoms with van der Waals surface area (Å²) in [5.74, 6) is 0. The molecule has 3 rings (SSSR count). The molecule has 0 radical (unpaired) electrons. The normalized spacial score (nSPS) is 38.6. The van der Waals surface area contributed by atoms with Gasteiger partial charge in [-0.25, -0.2) is 0 Å². The Morgan fingerprint density at radius 3 is 2.88 bits per heavy atom. The van der Waals surface area contributed by atoms with E-state index in [1.165, 1.54) is 10.4 Å². The predicted octanol–water partition coefficient (Wildman–Crippen LogP) is 2.68. The third-order valence-electron chi connectivity index (χ3n) is 3.75. The first-order valence-electron chi connectivity index (χ1n) is 6.16. The monoisotopic (exact) mass is 237 g/mol. The number of hydrogen-bond donors (Lipinski definition) is 1. The second kappa shape index (κ2) is 3.83. The molecule has 2 nitrogen and oxygen atoms in total. The zero-order valence-electron chi connectivity index (χ0n) is 9.95. The summed E-state index contributed by atoms with van der Waals surface area (Å²) >= 11 is 1.88. The van der Waals surface area contributed by atoms with Crippen molar-refractivity contribution in [2.45, 2.75) is 50.8 Å². The van der Waals surface area contributed by atoms with Crippen molar-refractivity contribution in [3.63, 3.8) is 0 Å². The van der Waals surface area contributed by atoms with Gasteiger partial charge in [0.1, 0.15) is 5.60 Å². The molecule has 1 aromatic heterocycles. The molecule has 16 heavy (non-hydrogen) atoms. The maximum Gasteiger partial charge on any atom is 0.105 e. The molecule has 2 aliphatic rings. The van der Waals surface area contributed by atoms with Gasteiger partial charge in [0.2, 0.25) is 0 Å². The number of ether oxygens (including phenoxy) is 1. The van der Waals surface area contributed by atoms with E-state index in [-0.39, 0.29) is 5.60 Å². The zero-order chi connectivity index (χ0) is 11.2. The fourth-order valence-electron chi connectivity index (χ4n) is 3.33. The molecular weight excluding hydrogens is 218 g/mol. The van der Waals surface area contributed by atoms with Crippen LogP contribution in [0.15, 0.2) is 11.4 Å². The highest BCUT2D eigenvalue weighted by molar-refractivity contribution is 7.10. The van der Waals surface area contributed by atoms with E-state index in [0.29, 0.717) is 12.1 Å². The van der Waals surface area contributed by atoms with Crippen molar-refractivity contribution in [3.05, 3.63) is 21.9 Å². The molecule has 0 amide bonds. The Bertz CT molecular complexity index is 377. The van der Waals surface area contributed by atoms with E-state index in [1.807, 2.05) is 11.3 Å². The van der Waals surface area contributed by atoms with Gasteiger partial charge in [-0.1, -0.05) is 0 Å². The third-order valence-corrected chi connectivity index (χ3v) is 4.89. The minimum atomic E-state index is 0.0197. The fourth-order valence-corrected chi connectivity index (χ4v) is 4.46. The number of hydrogen-bond acceptors (Lipinski definition) is 3. The average molecular weight is 237 g/mol. The highest BCUT2D eigenvalue weighted by Gasteiger charge is 2.44. The van der Waals surface area contributed by atoms with Gasteiger partial charge in [0, 0.05) is 17.0 Å². The molecule has 0 aliphatic carbocycles. The summed E-state index contributed by atoms with van der Waals surface area (Å²) in [6.45, 7) is 5.43.